The molecule has 0 atom stereocenters. The second-order valence-corrected chi connectivity index (χ2v) is 9.14. The Balaban J connectivity index is 1.95. The molecule has 1 fully saturated rings. The third-order valence-electron chi connectivity index (χ3n) is 4.22. The Labute approximate surface area is 145 Å². The minimum atomic E-state index is 0.133. The van der Waals surface area contributed by atoms with E-state index in [-0.39, 0.29) is 5.41 Å². The van der Waals surface area contributed by atoms with Crippen LogP contribution in [0, 0.1) is 5.41 Å². The maximum absolute atomic E-state index is 4.83. The predicted molar refractivity (Wildman–Crippen MR) is 100 cm³/mol. The SMILES string of the molecule is CCNC(=NCCc1nc(C(C)(C)C)cs1)N1CCC(C)(C)C1. The molecule has 5 heteroatoms. The Morgan fingerprint density at radius 3 is 2.70 bits per heavy atom. The Kier molecular flexibility index (Phi) is 5.71. The molecule has 4 nitrogen and oxygen atoms in total. The molecule has 0 saturated carbocycles. The van der Waals surface area contributed by atoms with Gasteiger partial charge in [0.05, 0.1) is 10.7 Å². The average Bonchev–Trinajstić information content (AvgIpc) is 3.04. The molecule has 1 N–H and O–H groups in total. The van der Waals surface area contributed by atoms with E-state index in [2.05, 4.69) is 57.1 Å². The first-order chi connectivity index (χ1) is 10.7. The minimum Gasteiger partial charge on any atom is -0.357 e. The first-order valence-corrected chi connectivity index (χ1v) is 9.57. The maximum atomic E-state index is 4.83. The number of guanidine groups is 1. The number of rotatable bonds is 4. The summed E-state index contributed by atoms with van der Waals surface area (Å²) in [6, 6.07) is 0. The van der Waals surface area contributed by atoms with Gasteiger partial charge in [-0.15, -0.1) is 11.3 Å². The van der Waals surface area contributed by atoms with Crippen molar-refractivity contribution in [2.45, 2.75) is 59.8 Å². The number of likely N-dealkylation sites (tertiary alicyclic amines) is 1. The van der Waals surface area contributed by atoms with Crippen LogP contribution in [-0.2, 0) is 11.8 Å². The highest BCUT2D eigenvalue weighted by molar-refractivity contribution is 7.09. The molecule has 2 heterocycles. The van der Waals surface area contributed by atoms with Crippen molar-refractivity contribution in [3.63, 3.8) is 0 Å². The van der Waals surface area contributed by atoms with E-state index >= 15 is 0 Å². The van der Waals surface area contributed by atoms with Gasteiger partial charge in [-0.3, -0.25) is 4.99 Å². The Hall–Kier alpha value is -1.10. The van der Waals surface area contributed by atoms with Crippen LogP contribution in [0.15, 0.2) is 10.4 Å². The number of thiazole rings is 1. The van der Waals surface area contributed by atoms with Crippen LogP contribution in [0.4, 0.5) is 0 Å². The molecule has 0 amide bonds. The van der Waals surface area contributed by atoms with Gasteiger partial charge in [0, 0.05) is 43.4 Å². The van der Waals surface area contributed by atoms with Gasteiger partial charge in [0.25, 0.3) is 0 Å². The van der Waals surface area contributed by atoms with Crippen LogP contribution in [0.3, 0.4) is 0 Å². The van der Waals surface area contributed by atoms with E-state index in [0.717, 1.165) is 38.6 Å². The molecule has 2 rings (SSSR count). The van der Waals surface area contributed by atoms with E-state index in [4.69, 9.17) is 9.98 Å². The van der Waals surface area contributed by atoms with Crippen molar-refractivity contribution in [2.24, 2.45) is 10.4 Å². The van der Waals surface area contributed by atoms with E-state index in [0.29, 0.717) is 5.41 Å². The first kappa shape index (κ1) is 18.2. The third-order valence-corrected chi connectivity index (χ3v) is 5.13. The largest absolute Gasteiger partial charge is 0.357 e. The van der Waals surface area contributed by atoms with E-state index < -0.39 is 0 Å². The number of nitrogens with one attached hydrogen (secondary N) is 1. The van der Waals surface area contributed by atoms with Crippen molar-refractivity contribution < 1.29 is 0 Å². The topological polar surface area (TPSA) is 40.5 Å². The molecule has 1 aromatic rings. The zero-order valence-corrected chi connectivity index (χ0v) is 16.4. The fraction of sp³-hybridized carbons (Fsp3) is 0.778. The van der Waals surface area contributed by atoms with Crippen LogP contribution in [0.5, 0.6) is 0 Å². The summed E-state index contributed by atoms with van der Waals surface area (Å²) in [6.45, 7) is 17.3. The van der Waals surface area contributed by atoms with Crippen LogP contribution in [0.1, 0.15) is 58.7 Å². The van der Waals surface area contributed by atoms with E-state index in [1.807, 2.05) is 0 Å². The molecule has 0 unspecified atom stereocenters. The molecule has 0 aromatic carbocycles. The number of hydrogen-bond donors (Lipinski definition) is 1. The zero-order chi connectivity index (χ0) is 17.1. The molecule has 0 radical (unpaired) electrons. The molecule has 1 aromatic heterocycles. The molecule has 1 aliphatic rings. The Bertz CT molecular complexity index is 539. The number of aromatic nitrogens is 1. The van der Waals surface area contributed by atoms with Crippen molar-refractivity contribution in [2.75, 3.05) is 26.2 Å². The number of aliphatic imine (C=N–C) groups is 1. The molecule has 1 saturated heterocycles. The lowest BCUT2D eigenvalue weighted by atomic mass is 9.93. The van der Waals surface area contributed by atoms with Crippen LogP contribution in [0.25, 0.3) is 0 Å². The van der Waals surface area contributed by atoms with Crippen molar-refractivity contribution in [1.82, 2.24) is 15.2 Å². The third kappa shape index (κ3) is 5.20. The minimum absolute atomic E-state index is 0.133. The molecule has 0 aliphatic carbocycles. The lowest BCUT2D eigenvalue weighted by Gasteiger charge is -2.23. The van der Waals surface area contributed by atoms with Gasteiger partial charge in [-0.2, -0.15) is 0 Å². The average molecular weight is 337 g/mol. The number of nitrogens with zero attached hydrogens (tertiary/aromatic N) is 3. The summed E-state index contributed by atoms with van der Waals surface area (Å²) in [5, 5.41) is 6.82. The van der Waals surface area contributed by atoms with E-state index in [1.54, 1.807) is 11.3 Å². The molecule has 23 heavy (non-hydrogen) atoms. The fourth-order valence-corrected chi connectivity index (χ4v) is 3.76. The van der Waals surface area contributed by atoms with Crippen molar-refractivity contribution in [3.8, 4) is 0 Å². The van der Waals surface area contributed by atoms with Crippen LogP contribution in [0.2, 0.25) is 0 Å². The van der Waals surface area contributed by atoms with Gasteiger partial charge in [-0.25, -0.2) is 4.98 Å². The fourth-order valence-electron chi connectivity index (χ4n) is 2.75. The lowest BCUT2D eigenvalue weighted by Crippen LogP contribution is -2.40. The summed E-state index contributed by atoms with van der Waals surface area (Å²) in [7, 11) is 0. The summed E-state index contributed by atoms with van der Waals surface area (Å²) in [4.78, 5) is 12.0. The highest BCUT2D eigenvalue weighted by Gasteiger charge is 2.30. The maximum Gasteiger partial charge on any atom is 0.193 e. The van der Waals surface area contributed by atoms with Gasteiger partial charge in [0.15, 0.2) is 5.96 Å². The lowest BCUT2D eigenvalue weighted by molar-refractivity contribution is 0.370. The quantitative estimate of drug-likeness (QED) is 0.673. The van der Waals surface area contributed by atoms with Gasteiger partial charge in [-0.1, -0.05) is 34.6 Å². The molecular formula is C18H32N4S. The highest BCUT2D eigenvalue weighted by atomic mass is 32.1. The van der Waals surface area contributed by atoms with E-state index in [1.165, 1.54) is 17.1 Å². The number of hydrogen-bond acceptors (Lipinski definition) is 3. The standard InChI is InChI=1S/C18H32N4S/c1-7-19-16(22-11-9-18(5,6)13-22)20-10-8-15-21-14(12-23-15)17(2,3)4/h12H,7-11,13H2,1-6H3,(H,19,20). The molecule has 130 valence electrons. The monoisotopic (exact) mass is 336 g/mol. The second-order valence-electron chi connectivity index (χ2n) is 8.20. The molecular weight excluding hydrogens is 304 g/mol. The molecule has 0 bridgehead atoms. The van der Waals surface area contributed by atoms with Gasteiger partial charge >= 0.3 is 0 Å². The van der Waals surface area contributed by atoms with Gasteiger partial charge < -0.3 is 10.2 Å². The Morgan fingerprint density at radius 2 is 2.17 bits per heavy atom. The summed E-state index contributed by atoms with van der Waals surface area (Å²) < 4.78 is 0. The van der Waals surface area contributed by atoms with Crippen LogP contribution < -0.4 is 5.32 Å². The predicted octanol–water partition coefficient (Wildman–Crippen LogP) is 3.68. The molecule has 1 aliphatic heterocycles. The van der Waals surface area contributed by atoms with E-state index in [9.17, 15) is 0 Å². The normalized spacial score (nSPS) is 18.5. The first-order valence-electron chi connectivity index (χ1n) is 8.69. The van der Waals surface area contributed by atoms with Crippen molar-refractivity contribution in [3.05, 3.63) is 16.1 Å². The Morgan fingerprint density at radius 1 is 1.43 bits per heavy atom. The summed E-state index contributed by atoms with van der Waals surface area (Å²) in [5.41, 5.74) is 1.72. The summed E-state index contributed by atoms with van der Waals surface area (Å²) in [6.07, 6.45) is 2.16. The molecule has 0 spiro atoms. The van der Waals surface area contributed by atoms with Gasteiger partial charge in [0.2, 0.25) is 0 Å². The van der Waals surface area contributed by atoms with Crippen molar-refractivity contribution >= 4 is 17.3 Å². The smallest absolute Gasteiger partial charge is 0.193 e. The van der Waals surface area contributed by atoms with Gasteiger partial charge in [-0.05, 0) is 18.8 Å². The summed E-state index contributed by atoms with van der Waals surface area (Å²) >= 11 is 1.76. The second kappa shape index (κ2) is 7.20. The van der Waals surface area contributed by atoms with Gasteiger partial charge in [0.1, 0.15) is 0 Å². The summed E-state index contributed by atoms with van der Waals surface area (Å²) in [5.74, 6) is 1.06. The van der Waals surface area contributed by atoms with Crippen molar-refractivity contribution in [1.29, 1.82) is 0 Å². The van der Waals surface area contributed by atoms with Crippen LogP contribution >= 0.6 is 11.3 Å². The van der Waals surface area contributed by atoms with Crippen LogP contribution in [-0.4, -0.2) is 42.0 Å². The highest BCUT2D eigenvalue weighted by Crippen LogP contribution is 2.28. The zero-order valence-electron chi connectivity index (χ0n) is 15.6.